The van der Waals surface area contributed by atoms with Crippen molar-refractivity contribution in [1.82, 2.24) is 0 Å². The zero-order chi connectivity index (χ0) is 32.3. The Morgan fingerprint density at radius 1 is 0.513 bits per heavy atom. The van der Waals surface area contributed by atoms with Crippen LogP contribution >= 0.6 is 0 Å². The van der Waals surface area contributed by atoms with Gasteiger partial charge in [-0.2, -0.15) is 92.2 Å². The van der Waals surface area contributed by atoms with E-state index in [0.29, 0.717) is 13.0 Å². The maximum Gasteiger partial charge on any atom is 0.473 e. The van der Waals surface area contributed by atoms with Crippen molar-refractivity contribution < 1.29 is 102 Å². The van der Waals surface area contributed by atoms with E-state index in [1.165, 1.54) is 0 Å². The van der Waals surface area contributed by atoms with Gasteiger partial charge in [-0.3, -0.25) is 0 Å². The zero-order valence-corrected chi connectivity index (χ0v) is 18.0. The van der Waals surface area contributed by atoms with Gasteiger partial charge in [-0.15, -0.1) is 0 Å². The van der Waals surface area contributed by atoms with E-state index in [1.807, 2.05) is 0 Å². The van der Waals surface area contributed by atoms with E-state index >= 15 is 0 Å². The summed E-state index contributed by atoms with van der Waals surface area (Å²) in [7, 11) is 0. The molecule has 0 atom stereocenters. The third kappa shape index (κ3) is 4.94. The maximum absolute atomic E-state index is 13.6. The standard InChI is InChI=1S/C16H9F21O2/c1-3-4-5(2)6(38)39-16(36,37)14(31,32)12(27,28)10(23,24)8(19,20)7(17,18)9(21,22)11(25,26)13(29,30)15(33,34)35/h4H,3H2,1-2H3. The number of carbonyl (C=O) groups excluding carboxylic acids is 1. The molecule has 0 aliphatic rings. The lowest BCUT2D eigenvalue weighted by Crippen LogP contribution is -2.77. The molecule has 0 fully saturated rings. The number of carbonyl (C=O) groups is 1. The number of esters is 1. The molecule has 2 nitrogen and oxygen atoms in total. The lowest BCUT2D eigenvalue weighted by molar-refractivity contribution is -0.482. The van der Waals surface area contributed by atoms with Crippen LogP contribution in [0.1, 0.15) is 20.3 Å². The molecular formula is C16H9F21O2. The van der Waals surface area contributed by atoms with Crippen molar-refractivity contribution >= 4 is 5.97 Å². The molecule has 0 amide bonds. The molecule has 0 N–H and O–H groups in total. The normalized spacial score (nSPS) is 16.4. The summed E-state index contributed by atoms with van der Waals surface area (Å²) < 4.78 is 280. The number of halogens is 21. The Labute approximate surface area is 200 Å². The third-order valence-corrected chi connectivity index (χ3v) is 4.54. The summed E-state index contributed by atoms with van der Waals surface area (Å²) >= 11 is 0. The largest absolute Gasteiger partial charge is 0.473 e. The molecule has 0 spiro atoms. The van der Waals surface area contributed by atoms with Crippen molar-refractivity contribution in [3.63, 3.8) is 0 Å². The fraction of sp³-hybridized carbons (Fsp3) is 0.812. The first-order valence-electron chi connectivity index (χ1n) is 8.99. The molecule has 0 aliphatic carbocycles. The highest BCUT2D eigenvalue weighted by Gasteiger charge is 2.98. The summed E-state index contributed by atoms with van der Waals surface area (Å²) in [5, 5.41) is 0. The molecule has 0 saturated heterocycles. The van der Waals surface area contributed by atoms with Gasteiger partial charge in [0.15, 0.2) is 0 Å². The molecule has 0 aromatic heterocycles. The summed E-state index contributed by atoms with van der Waals surface area (Å²) in [5.41, 5.74) is -1.17. The first-order valence-corrected chi connectivity index (χ1v) is 8.99. The second-order valence-electron chi connectivity index (χ2n) is 7.29. The van der Waals surface area contributed by atoms with Crippen LogP contribution in [0.25, 0.3) is 0 Å². The van der Waals surface area contributed by atoms with Crippen LogP contribution in [0, 0.1) is 0 Å². The Balaban J connectivity index is 7.01. The van der Waals surface area contributed by atoms with E-state index in [1.54, 1.807) is 0 Å². The van der Waals surface area contributed by atoms with Crippen molar-refractivity contribution in [3.8, 4) is 0 Å². The second kappa shape index (κ2) is 9.68. The van der Waals surface area contributed by atoms with E-state index in [-0.39, 0.29) is 6.42 Å². The van der Waals surface area contributed by atoms with Crippen LogP contribution < -0.4 is 0 Å². The fourth-order valence-electron chi connectivity index (χ4n) is 2.19. The minimum absolute atomic E-state index is 0.315. The van der Waals surface area contributed by atoms with Gasteiger partial charge in [0.1, 0.15) is 0 Å². The van der Waals surface area contributed by atoms with Gasteiger partial charge >= 0.3 is 65.6 Å². The van der Waals surface area contributed by atoms with Gasteiger partial charge in [0.25, 0.3) is 0 Å². The van der Waals surface area contributed by atoms with E-state index in [0.717, 1.165) is 6.92 Å². The van der Waals surface area contributed by atoms with Crippen LogP contribution in [0.2, 0.25) is 0 Å². The Hall–Kier alpha value is -2.26. The molecule has 0 unspecified atom stereocenters. The van der Waals surface area contributed by atoms with Gasteiger partial charge in [-0.25, -0.2) is 4.79 Å². The van der Waals surface area contributed by atoms with Gasteiger partial charge in [-0.1, -0.05) is 13.0 Å². The fourth-order valence-corrected chi connectivity index (χ4v) is 2.19. The van der Waals surface area contributed by atoms with E-state index in [9.17, 15) is 97.0 Å². The Morgan fingerprint density at radius 2 is 0.769 bits per heavy atom. The molecule has 0 saturated carbocycles. The topological polar surface area (TPSA) is 26.3 Å². The van der Waals surface area contributed by atoms with Crippen LogP contribution in [0.5, 0.6) is 0 Å². The lowest BCUT2D eigenvalue weighted by atomic mass is 9.87. The molecule has 0 heterocycles. The van der Waals surface area contributed by atoms with Gasteiger partial charge in [-0.05, 0) is 13.3 Å². The molecule has 0 radical (unpaired) electrons. The van der Waals surface area contributed by atoms with Crippen molar-refractivity contribution in [2.24, 2.45) is 0 Å². The number of hydrogen-bond donors (Lipinski definition) is 0. The summed E-state index contributed by atoms with van der Waals surface area (Å²) in [6.45, 7) is 1.55. The van der Waals surface area contributed by atoms with Gasteiger partial charge in [0, 0.05) is 5.57 Å². The van der Waals surface area contributed by atoms with Crippen molar-refractivity contribution in [2.45, 2.75) is 79.9 Å². The van der Waals surface area contributed by atoms with Gasteiger partial charge < -0.3 is 4.74 Å². The highest BCUT2D eigenvalue weighted by molar-refractivity contribution is 5.87. The minimum atomic E-state index is -9.26. The molecule has 0 aromatic rings. The monoisotopic (exact) mass is 632 g/mol. The van der Waals surface area contributed by atoms with Crippen LogP contribution in [-0.2, 0) is 9.53 Å². The lowest BCUT2D eigenvalue weighted by Gasteiger charge is -2.44. The SMILES string of the molecule is CCC=C(C)C(=O)OC(F)(F)C(F)(F)C(F)(F)C(F)(F)C(F)(F)C(F)(F)C(F)(F)C(F)(F)C(F)(F)C(F)(F)F. The van der Waals surface area contributed by atoms with Crippen molar-refractivity contribution in [2.75, 3.05) is 0 Å². The van der Waals surface area contributed by atoms with E-state index in [4.69, 9.17) is 0 Å². The summed E-state index contributed by atoms with van der Waals surface area (Å²) in [4.78, 5) is 11.2. The van der Waals surface area contributed by atoms with Crippen molar-refractivity contribution in [3.05, 3.63) is 11.6 Å². The number of allylic oxidation sites excluding steroid dienone is 1. The third-order valence-electron chi connectivity index (χ3n) is 4.54. The number of ether oxygens (including phenoxy) is 1. The molecule has 0 aliphatic heterocycles. The Bertz CT molecular complexity index is 942. The van der Waals surface area contributed by atoms with Crippen LogP contribution in [0.15, 0.2) is 11.6 Å². The molecule has 0 aromatic carbocycles. The Kier molecular flexibility index (Phi) is 9.12. The number of hydrogen-bond acceptors (Lipinski definition) is 2. The molecule has 39 heavy (non-hydrogen) atoms. The predicted octanol–water partition coefficient (Wildman–Crippen LogP) is 8.12. The number of alkyl halides is 21. The molecule has 0 rings (SSSR count). The molecule has 0 bridgehead atoms. The first-order chi connectivity index (χ1) is 16.6. The van der Waals surface area contributed by atoms with Crippen LogP contribution in [-0.4, -0.2) is 65.6 Å². The van der Waals surface area contributed by atoms with E-state index in [2.05, 4.69) is 4.74 Å². The number of rotatable bonds is 11. The van der Waals surface area contributed by atoms with Crippen molar-refractivity contribution in [1.29, 1.82) is 0 Å². The smallest absolute Gasteiger partial charge is 0.393 e. The Morgan fingerprint density at radius 3 is 1.03 bits per heavy atom. The summed E-state index contributed by atoms with van der Waals surface area (Å²) in [6.07, 6.45) is -15.2. The van der Waals surface area contributed by atoms with E-state index < -0.39 is 71.2 Å². The first kappa shape index (κ1) is 36.7. The minimum Gasteiger partial charge on any atom is -0.393 e. The highest BCUT2D eigenvalue weighted by Crippen LogP contribution is 2.66. The molecule has 232 valence electrons. The summed E-state index contributed by atoms with van der Waals surface area (Å²) in [6, 6.07) is 0. The van der Waals surface area contributed by atoms with Gasteiger partial charge in [0.2, 0.25) is 0 Å². The quantitative estimate of drug-likeness (QED) is 0.131. The maximum atomic E-state index is 13.6. The summed E-state index contributed by atoms with van der Waals surface area (Å²) in [5.74, 6) is -74.1. The predicted molar refractivity (Wildman–Crippen MR) is 80.7 cm³/mol. The van der Waals surface area contributed by atoms with Crippen LogP contribution in [0.4, 0.5) is 92.2 Å². The average molecular weight is 632 g/mol. The highest BCUT2D eigenvalue weighted by atomic mass is 19.4. The molecule has 23 heteroatoms. The zero-order valence-electron chi connectivity index (χ0n) is 18.0. The van der Waals surface area contributed by atoms with Crippen LogP contribution in [0.3, 0.4) is 0 Å². The second-order valence-corrected chi connectivity index (χ2v) is 7.29. The van der Waals surface area contributed by atoms with Gasteiger partial charge in [0.05, 0.1) is 0 Å². The average Bonchev–Trinajstić information content (AvgIpc) is 2.71. The molecular weight excluding hydrogens is 623 g/mol.